The van der Waals surface area contributed by atoms with Gasteiger partial charge in [0.2, 0.25) is 0 Å². The maximum absolute atomic E-state index is 11.3. The first kappa shape index (κ1) is 13.5. The van der Waals surface area contributed by atoms with Crippen molar-refractivity contribution in [3.05, 3.63) is 30.0 Å². The van der Waals surface area contributed by atoms with Crippen LogP contribution in [0.3, 0.4) is 0 Å². The highest BCUT2D eigenvalue weighted by Crippen LogP contribution is 2.30. The first-order valence-electron chi connectivity index (χ1n) is 6.65. The lowest BCUT2D eigenvalue weighted by Crippen LogP contribution is -2.44. The van der Waals surface area contributed by atoms with Crippen molar-refractivity contribution in [2.24, 2.45) is 0 Å². The lowest BCUT2D eigenvalue weighted by molar-refractivity contribution is 0.0955. The standard InChI is InChI=1S/C15H17NO3S/c1-9(17)14-5-10-3-4-12(8-15(10)19-14)18-13-6-11(7-13)16-20-2/h3-5,8,11,13,16H,6-7H2,1-2H3/t11-,13+. The van der Waals surface area contributed by atoms with E-state index < -0.39 is 0 Å². The SMILES string of the molecule is CSN[C@H]1C[C@@H](Oc2ccc3cc(C(C)=O)oc3c2)C1. The zero-order chi connectivity index (χ0) is 14.1. The largest absolute Gasteiger partial charge is 0.490 e. The van der Waals surface area contributed by atoms with E-state index in [1.165, 1.54) is 6.92 Å². The van der Waals surface area contributed by atoms with Gasteiger partial charge < -0.3 is 9.15 Å². The van der Waals surface area contributed by atoms with Gasteiger partial charge >= 0.3 is 0 Å². The van der Waals surface area contributed by atoms with Crippen molar-refractivity contribution in [3.63, 3.8) is 0 Å². The second kappa shape index (κ2) is 5.50. The Hall–Kier alpha value is -1.46. The van der Waals surface area contributed by atoms with E-state index >= 15 is 0 Å². The number of rotatable bonds is 5. The number of carbonyl (C=O) groups is 1. The molecule has 5 heteroatoms. The number of nitrogens with one attached hydrogen (secondary N) is 1. The smallest absolute Gasteiger partial charge is 0.194 e. The molecule has 0 bridgehead atoms. The lowest BCUT2D eigenvalue weighted by Gasteiger charge is -2.35. The molecule has 0 amide bonds. The van der Waals surface area contributed by atoms with E-state index in [4.69, 9.17) is 9.15 Å². The van der Waals surface area contributed by atoms with Crippen molar-refractivity contribution >= 4 is 28.7 Å². The maximum Gasteiger partial charge on any atom is 0.194 e. The van der Waals surface area contributed by atoms with Gasteiger partial charge in [0.1, 0.15) is 17.4 Å². The number of furan rings is 1. The Balaban J connectivity index is 1.69. The zero-order valence-electron chi connectivity index (χ0n) is 11.5. The third-order valence-electron chi connectivity index (χ3n) is 3.52. The molecule has 0 aliphatic heterocycles. The summed E-state index contributed by atoms with van der Waals surface area (Å²) in [5, 5.41) is 0.929. The monoisotopic (exact) mass is 291 g/mol. The van der Waals surface area contributed by atoms with E-state index in [-0.39, 0.29) is 11.9 Å². The van der Waals surface area contributed by atoms with Crippen LogP contribution in [-0.4, -0.2) is 24.2 Å². The number of hydrogen-bond acceptors (Lipinski definition) is 5. The minimum Gasteiger partial charge on any atom is -0.490 e. The Kier molecular flexibility index (Phi) is 3.72. The molecular weight excluding hydrogens is 274 g/mol. The van der Waals surface area contributed by atoms with E-state index in [1.54, 1.807) is 18.0 Å². The van der Waals surface area contributed by atoms with Gasteiger partial charge in [-0.2, -0.15) is 0 Å². The predicted molar refractivity (Wildman–Crippen MR) is 80.3 cm³/mol. The summed E-state index contributed by atoms with van der Waals surface area (Å²) in [6.07, 6.45) is 4.34. The third kappa shape index (κ3) is 2.69. The molecular formula is C15H17NO3S. The second-order valence-corrected chi connectivity index (χ2v) is 5.74. The van der Waals surface area contributed by atoms with Crippen LogP contribution in [0.2, 0.25) is 0 Å². The average Bonchev–Trinajstić information content (AvgIpc) is 2.79. The highest BCUT2D eigenvalue weighted by Gasteiger charge is 2.30. The second-order valence-electron chi connectivity index (χ2n) is 5.10. The Morgan fingerprint density at radius 1 is 1.40 bits per heavy atom. The Morgan fingerprint density at radius 3 is 2.90 bits per heavy atom. The molecule has 0 radical (unpaired) electrons. The van der Waals surface area contributed by atoms with Gasteiger partial charge in [-0.1, -0.05) is 11.9 Å². The molecule has 1 aliphatic carbocycles. The summed E-state index contributed by atoms with van der Waals surface area (Å²) in [6.45, 7) is 1.50. The first-order valence-corrected chi connectivity index (χ1v) is 7.88. The fourth-order valence-corrected chi connectivity index (χ4v) is 2.90. The fraction of sp³-hybridized carbons (Fsp3) is 0.400. The fourth-order valence-electron chi connectivity index (χ4n) is 2.38. The van der Waals surface area contributed by atoms with Gasteiger partial charge in [-0.25, -0.2) is 0 Å². The van der Waals surface area contributed by atoms with Crippen LogP contribution in [0.1, 0.15) is 30.3 Å². The Bertz CT molecular complexity index is 631. The van der Waals surface area contributed by atoms with Gasteiger partial charge in [-0.15, -0.1) is 0 Å². The van der Waals surface area contributed by atoms with Crippen molar-refractivity contribution in [1.82, 2.24) is 4.72 Å². The summed E-state index contributed by atoms with van der Waals surface area (Å²) in [7, 11) is 0. The molecule has 0 saturated heterocycles. The molecule has 1 N–H and O–H groups in total. The van der Waals surface area contributed by atoms with Crippen LogP contribution >= 0.6 is 11.9 Å². The molecule has 1 aromatic carbocycles. The van der Waals surface area contributed by atoms with Crippen LogP contribution in [0.4, 0.5) is 0 Å². The topological polar surface area (TPSA) is 51.5 Å². The number of carbonyl (C=O) groups excluding carboxylic acids is 1. The molecule has 1 saturated carbocycles. The van der Waals surface area contributed by atoms with Gasteiger partial charge in [0.15, 0.2) is 11.5 Å². The van der Waals surface area contributed by atoms with Crippen LogP contribution in [0.15, 0.2) is 28.7 Å². The van der Waals surface area contributed by atoms with Gasteiger partial charge in [-0.05, 0) is 24.5 Å². The number of benzene rings is 1. The Labute approximate surface area is 122 Å². The van der Waals surface area contributed by atoms with Crippen LogP contribution in [-0.2, 0) is 0 Å². The molecule has 1 aromatic heterocycles. The van der Waals surface area contributed by atoms with E-state index in [0.29, 0.717) is 17.4 Å². The molecule has 0 atom stereocenters. The van der Waals surface area contributed by atoms with Crippen LogP contribution in [0, 0.1) is 0 Å². The summed E-state index contributed by atoms with van der Waals surface area (Å²) in [5.41, 5.74) is 0.700. The average molecular weight is 291 g/mol. The van der Waals surface area contributed by atoms with Crippen LogP contribution in [0.25, 0.3) is 11.0 Å². The van der Waals surface area contributed by atoms with Crippen molar-refractivity contribution in [1.29, 1.82) is 0 Å². The number of Topliss-reactive ketones (excluding diaryl/α,β-unsaturated/α-hetero) is 1. The molecule has 0 unspecified atom stereocenters. The predicted octanol–water partition coefficient (Wildman–Crippen LogP) is 3.41. The van der Waals surface area contributed by atoms with Crippen molar-refractivity contribution in [2.75, 3.05) is 6.26 Å². The minimum absolute atomic E-state index is 0.0614. The molecule has 2 aromatic rings. The molecule has 4 nitrogen and oxygen atoms in total. The van der Waals surface area contributed by atoms with Gasteiger partial charge in [0.05, 0.1) is 0 Å². The highest BCUT2D eigenvalue weighted by molar-refractivity contribution is 7.96. The quantitative estimate of drug-likeness (QED) is 0.676. The summed E-state index contributed by atoms with van der Waals surface area (Å²) < 4.78 is 14.8. The van der Waals surface area contributed by atoms with Crippen molar-refractivity contribution in [2.45, 2.75) is 31.9 Å². The Morgan fingerprint density at radius 2 is 2.20 bits per heavy atom. The molecule has 1 aliphatic rings. The normalized spacial score (nSPS) is 21.7. The molecule has 3 rings (SSSR count). The number of hydrogen-bond donors (Lipinski definition) is 1. The van der Waals surface area contributed by atoms with Gasteiger partial charge in [0, 0.05) is 37.3 Å². The van der Waals surface area contributed by atoms with Crippen molar-refractivity contribution < 1.29 is 13.9 Å². The minimum atomic E-state index is -0.0614. The van der Waals surface area contributed by atoms with Crippen molar-refractivity contribution in [3.8, 4) is 5.75 Å². The highest BCUT2D eigenvalue weighted by atomic mass is 32.2. The summed E-state index contributed by atoms with van der Waals surface area (Å²) in [6, 6.07) is 8.03. The lowest BCUT2D eigenvalue weighted by atomic mass is 9.90. The zero-order valence-corrected chi connectivity index (χ0v) is 12.3. The molecule has 1 heterocycles. The summed E-state index contributed by atoms with van der Waals surface area (Å²) in [5.74, 6) is 1.13. The van der Waals surface area contributed by atoms with Gasteiger partial charge in [0.25, 0.3) is 0 Å². The van der Waals surface area contributed by atoms with Crippen LogP contribution in [0.5, 0.6) is 5.75 Å². The van der Waals surface area contributed by atoms with Gasteiger partial charge in [-0.3, -0.25) is 9.52 Å². The molecule has 0 spiro atoms. The molecule has 106 valence electrons. The first-order chi connectivity index (χ1) is 9.65. The number of ether oxygens (including phenoxy) is 1. The van der Waals surface area contributed by atoms with E-state index in [2.05, 4.69) is 4.72 Å². The maximum atomic E-state index is 11.3. The summed E-state index contributed by atoms with van der Waals surface area (Å²) >= 11 is 1.65. The van der Waals surface area contributed by atoms with E-state index in [0.717, 1.165) is 24.0 Å². The number of ketones is 1. The third-order valence-corrected chi connectivity index (χ3v) is 4.09. The van der Waals surface area contributed by atoms with E-state index in [9.17, 15) is 4.79 Å². The van der Waals surface area contributed by atoms with Crippen LogP contribution < -0.4 is 9.46 Å². The molecule has 20 heavy (non-hydrogen) atoms. The number of fused-ring (bicyclic) bond motifs is 1. The molecule has 1 fully saturated rings. The van der Waals surface area contributed by atoms with E-state index in [1.807, 2.05) is 24.5 Å². The summed E-state index contributed by atoms with van der Waals surface area (Å²) in [4.78, 5) is 11.3.